The second kappa shape index (κ2) is 7.37. The Morgan fingerprint density at radius 2 is 1.93 bits per heavy atom. The Labute approximate surface area is 170 Å². The molecule has 144 valence electrons. The number of nitrogens with zero attached hydrogens (tertiary/aromatic N) is 3. The molecule has 0 bridgehead atoms. The van der Waals surface area contributed by atoms with Gasteiger partial charge in [-0.1, -0.05) is 29.8 Å². The van der Waals surface area contributed by atoms with Crippen LogP contribution in [0.5, 0.6) is 0 Å². The van der Waals surface area contributed by atoms with Gasteiger partial charge in [0.15, 0.2) is 0 Å². The van der Waals surface area contributed by atoms with E-state index in [0.717, 1.165) is 0 Å². The molecule has 0 fully saturated rings. The van der Waals surface area contributed by atoms with Crippen molar-refractivity contribution in [3.63, 3.8) is 0 Å². The number of amides is 1. The number of non-ortho nitro benzene ring substituents is 1. The number of benzene rings is 2. The first-order valence-corrected chi connectivity index (χ1v) is 9.02. The summed E-state index contributed by atoms with van der Waals surface area (Å²) < 4.78 is 5.78. The second-order valence-corrected chi connectivity index (χ2v) is 6.79. The fourth-order valence-electron chi connectivity index (χ4n) is 2.97. The molecule has 4 rings (SSSR count). The van der Waals surface area contributed by atoms with Crippen LogP contribution in [0.4, 0.5) is 11.4 Å². The molecule has 0 aliphatic carbocycles. The fraction of sp³-hybridized carbons (Fsp3) is 0.0476. The maximum Gasteiger partial charge on any atom is 0.280 e. The summed E-state index contributed by atoms with van der Waals surface area (Å²) in [7, 11) is 0. The summed E-state index contributed by atoms with van der Waals surface area (Å²) in [5.41, 5.74) is 2.06. The quantitative estimate of drug-likeness (QED) is 0.333. The van der Waals surface area contributed by atoms with Crippen molar-refractivity contribution in [2.24, 2.45) is 5.10 Å². The predicted octanol–water partition coefficient (Wildman–Crippen LogP) is 5.31. The number of nitro groups is 1. The Balaban J connectivity index is 1.62. The number of nitro benzene ring substituents is 1. The molecule has 1 aliphatic heterocycles. The van der Waals surface area contributed by atoms with Gasteiger partial charge in [0.25, 0.3) is 11.6 Å². The number of furan rings is 1. The zero-order valence-electron chi connectivity index (χ0n) is 15.2. The summed E-state index contributed by atoms with van der Waals surface area (Å²) in [5.74, 6) is 0.614. The van der Waals surface area contributed by atoms with Crippen LogP contribution in [0.2, 0.25) is 5.02 Å². The molecule has 0 N–H and O–H groups in total. The Morgan fingerprint density at radius 1 is 1.14 bits per heavy atom. The summed E-state index contributed by atoms with van der Waals surface area (Å²) in [6.45, 7) is 1.73. The van der Waals surface area contributed by atoms with Gasteiger partial charge >= 0.3 is 0 Å². The predicted molar refractivity (Wildman–Crippen MR) is 111 cm³/mol. The van der Waals surface area contributed by atoms with Crippen LogP contribution in [0.25, 0.3) is 17.4 Å². The summed E-state index contributed by atoms with van der Waals surface area (Å²) in [6, 6.07) is 16.4. The smallest absolute Gasteiger partial charge is 0.280 e. The minimum absolute atomic E-state index is 0.0232. The highest BCUT2D eigenvalue weighted by atomic mass is 35.5. The number of carbonyl (C=O) groups is 1. The third kappa shape index (κ3) is 3.68. The first kappa shape index (κ1) is 18.6. The van der Waals surface area contributed by atoms with E-state index in [0.29, 0.717) is 39.1 Å². The van der Waals surface area contributed by atoms with Gasteiger partial charge in [-0.05, 0) is 43.3 Å². The molecule has 1 aliphatic rings. The molecule has 0 spiro atoms. The summed E-state index contributed by atoms with van der Waals surface area (Å²) in [5, 5.41) is 17.1. The SMILES string of the molecule is CC1=NN(c2cccc(Cl)c2)C(=O)C1=Cc1ccc(-c2cccc([N+](=O)[O-])c2)o1. The van der Waals surface area contributed by atoms with Gasteiger partial charge in [-0.3, -0.25) is 14.9 Å². The number of carbonyl (C=O) groups excluding carboxylic acids is 1. The van der Waals surface area contributed by atoms with Crippen LogP contribution in [0, 0.1) is 10.1 Å². The molecule has 0 radical (unpaired) electrons. The van der Waals surface area contributed by atoms with E-state index < -0.39 is 4.92 Å². The summed E-state index contributed by atoms with van der Waals surface area (Å²) >= 11 is 6.01. The number of anilines is 1. The average Bonchev–Trinajstić information content (AvgIpc) is 3.28. The molecule has 2 heterocycles. The molecule has 2 aromatic carbocycles. The Kier molecular flexibility index (Phi) is 4.74. The van der Waals surface area contributed by atoms with Crippen LogP contribution in [0.3, 0.4) is 0 Å². The minimum atomic E-state index is -0.462. The average molecular weight is 408 g/mol. The van der Waals surface area contributed by atoms with E-state index in [2.05, 4.69) is 5.10 Å². The number of hydrogen-bond donors (Lipinski definition) is 0. The molecule has 0 unspecified atom stereocenters. The summed E-state index contributed by atoms with van der Waals surface area (Å²) in [4.78, 5) is 23.3. The molecule has 1 aromatic heterocycles. The number of hydrazone groups is 1. The fourth-order valence-corrected chi connectivity index (χ4v) is 3.15. The highest BCUT2D eigenvalue weighted by Crippen LogP contribution is 2.29. The highest BCUT2D eigenvalue weighted by Gasteiger charge is 2.29. The largest absolute Gasteiger partial charge is 0.457 e. The number of halogens is 1. The lowest BCUT2D eigenvalue weighted by atomic mass is 10.1. The van der Waals surface area contributed by atoms with Crippen molar-refractivity contribution in [1.82, 2.24) is 0 Å². The van der Waals surface area contributed by atoms with Crippen molar-refractivity contribution in [2.45, 2.75) is 6.92 Å². The molecule has 0 atom stereocenters. The first-order valence-electron chi connectivity index (χ1n) is 8.64. The summed E-state index contributed by atoms with van der Waals surface area (Å²) in [6.07, 6.45) is 1.60. The molecule has 29 heavy (non-hydrogen) atoms. The van der Waals surface area contributed by atoms with Crippen molar-refractivity contribution >= 4 is 40.7 Å². The first-order chi connectivity index (χ1) is 13.9. The van der Waals surface area contributed by atoms with E-state index in [-0.39, 0.29) is 11.6 Å². The van der Waals surface area contributed by atoms with Crippen molar-refractivity contribution in [1.29, 1.82) is 0 Å². The zero-order chi connectivity index (χ0) is 20.5. The van der Waals surface area contributed by atoms with Crippen molar-refractivity contribution < 1.29 is 14.1 Å². The lowest BCUT2D eigenvalue weighted by Gasteiger charge is -2.11. The molecular weight excluding hydrogens is 394 g/mol. The molecule has 0 saturated carbocycles. The number of hydrogen-bond acceptors (Lipinski definition) is 5. The van der Waals surface area contributed by atoms with E-state index in [9.17, 15) is 14.9 Å². The van der Waals surface area contributed by atoms with Gasteiger partial charge in [0.05, 0.1) is 21.9 Å². The molecule has 0 saturated heterocycles. The molecular formula is C21H14ClN3O4. The third-order valence-corrected chi connectivity index (χ3v) is 4.61. The Hall–Kier alpha value is -3.71. The number of rotatable bonds is 4. The van der Waals surface area contributed by atoms with Gasteiger partial charge < -0.3 is 4.42 Å². The topological polar surface area (TPSA) is 89.0 Å². The van der Waals surface area contributed by atoms with Crippen LogP contribution >= 0.6 is 11.6 Å². The van der Waals surface area contributed by atoms with Crippen molar-refractivity contribution in [3.05, 3.63) is 87.1 Å². The second-order valence-electron chi connectivity index (χ2n) is 6.35. The lowest BCUT2D eigenvalue weighted by molar-refractivity contribution is -0.384. The van der Waals surface area contributed by atoms with E-state index >= 15 is 0 Å². The van der Waals surface area contributed by atoms with E-state index in [1.54, 1.807) is 61.5 Å². The highest BCUT2D eigenvalue weighted by molar-refractivity contribution is 6.33. The van der Waals surface area contributed by atoms with Crippen LogP contribution in [0.1, 0.15) is 12.7 Å². The van der Waals surface area contributed by atoms with Gasteiger partial charge in [-0.15, -0.1) is 0 Å². The Bertz CT molecular complexity index is 1200. The zero-order valence-corrected chi connectivity index (χ0v) is 16.0. The molecule has 8 heteroatoms. The molecule has 7 nitrogen and oxygen atoms in total. The minimum Gasteiger partial charge on any atom is -0.457 e. The third-order valence-electron chi connectivity index (χ3n) is 4.37. The van der Waals surface area contributed by atoms with Gasteiger partial charge in [-0.25, -0.2) is 0 Å². The van der Waals surface area contributed by atoms with Crippen LogP contribution < -0.4 is 5.01 Å². The van der Waals surface area contributed by atoms with E-state index in [4.69, 9.17) is 16.0 Å². The van der Waals surface area contributed by atoms with Crippen LogP contribution in [0.15, 0.2) is 75.8 Å². The van der Waals surface area contributed by atoms with Crippen molar-refractivity contribution in [2.75, 3.05) is 5.01 Å². The monoisotopic (exact) mass is 407 g/mol. The maximum atomic E-state index is 12.8. The van der Waals surface area contributed by atoms with Crippen LogP contribution in [-0.2, 0) is 4.79 Å². The van der Waals surface area contributed by atoms with Gasteiger partial charge in [-0.2, -0.15) is 10.1 Å². The maximum absolute atomic E-state index is 12.8. The molecule has 1 amide bonds. The van der Waals surface area contributed by atoms with Gasteiger partial charge in [0, 0.05) is 22.7 Å². The normalized spacial score (nSPS) is 15.1. The standard InChI is InChI=1S/C21H14ClN3O4/c1-13-19(21(26)24(23-13)16-6-3-5-15(22)11-16)12-18-8-9-20(29-18)14-4-2-7-17(10-14)25(27)28/h2-12H,1H3. The molecule has 3 aromatic rings. The van der Waals surface area contributed by atoms with Gasteiger partial charge in [0.1, 0.15) is 11.5 Å². The van der Waals surface area contributed by atoms with Crippen molar-refractivity contribution in [3.8, 4) is 11.3 Å². The lowest BCUT2D eigenvalue weighted by Crippen LogP contribution is -2.21. The van der Waals surface area contributed by atoms with E-state index in [1.165, 1.54) is 17.1 Å². The van der Waals surface area contributed by atoms with E-state index in [1.807, 2.05) is 0 Å². The Morgan fingerprint density at radius 3 is 2.69 bits per heavy atom. The van der Waals surface area contributed by atoms with Gasteiger partial charge in [0.2, 0.25) is 0 Å². The van der Waals surface area contributed by atoms with Crippen LogP contribution in [-0.4, -0.2) is 16.5 Å².